The Morgan fingerprint density at radius 2 is 2.19 bits per heavy atom. The van der Waals surface area contributed by atoms with Gasteiger partial charge in [-0.25, -0.2) is 0 Å². The molecule has 0 saturated carbocycles. The predicted molar refractivity (Wildman–Crippen MR) is 62.2 cm³/mol. The van der Waals surface area contributed by atoms with Crippen molar-refractivity contribution in [3.63, 3.8) is 0 Å². The highest BCUT2D eigenvalue weighted by molar-refractivity contribution is 5.90. The number of ether oxygens (including phenoxy) is 1. The number of fused-ring (bicyclic) bond motifs is 1. The van der Waals surface area contributed by atoms with Crippen LogP contribution in [0.5, 0.6) is 11.5 Å². The molecule has 16 heavy (non-hydrogen) atoms. The summed E-state index contributed by atoms with van der Waals surface area (Å²) >= 11 is 0. The highest BCUT2D eigenvalue weighted by Gasteiger charge is 2.12. The Morgan fingerprint density at radius 1 is 1.44 bits per heavy atom. The summed E-state index contributed by atoms with van der Waals surface area (Å²) < 4.78 is 5.13. The minimum absolute atomic E-state index is 0.0418. The summed E-state index contributed by atoms with van der Waals surface area (Å²) in [6, 6.07) is 5.27. The van der Waals surface area contributed by atoms with Crippen molar-refractivity contribution in [3.05, 3.63) is 34.1 Å². The maximum absolute atomic E-state index is 11.7. The lowest BCUT2D eigenvalue weighted by atomic mass is 10.1. The zero-order valence-corrected chi connectivity index (χ0v) is 9.20. The molecular formula is C12H13NO3. The molecule has 0 radical (unpaired) electrons. The topological polar surface area (TPSA) is 62.3 Å². The lowest BCUT2D eigenvalue weighted by Gasteiger charge is -2.08. The second kappa shape index (κ2) is 3.89. The number of H-pyrrole nitrogens is 1. The van der Waals surface area contributed by atoms with Crippen LogP contribution in [0.2, 0.25) is 0 Å². The third-order valence-corrected chi connectivity index (χ3v) is 2.65. The van der Waals surface area contributed by atoms with Crippen LogP contribution in [0, 0.1) is 0 Å². The molecule has 4 heteroatoms. The second-order valence-corrected chi connectivity index (χ2v) is 3.52. The van der Waals surface area contributed by atoms with Gasteiger partial charge in [-0.2, -0.15) is 0 Å². The monoisotopic (exact) mass is 219 g/mol. The zero-order chi connectivity index (χ0) is 11.7. The first-order chi connectivity index (χ1) is 7.69. The average Bonchev–Trinajstić information content (AvgIpc) is 2.29. The smallest absolute Gasteiger partial charge is 0.255 e. The van der Waals surface area contributed by atoms with Crippen LogP contribution in [0.4, 0.5) is 0 Å². The van der Waals surface area contributed by atoms with Gasteiger partial charge in [0, 0.05) is 5.39 Å². The second-order valence-electron chi connectivity index (χ2n) is 3.52. The van der Waals surface area contributed by atoms with E-state index in [2.05, 4.69) is 4.98 Å². The number of hydrogen-bond donors (Lipinski definition) is 2. The van der Waals surface area contributed by atoms with E-state index in [1.807, 2.05) is 6.92 Å². The molecule has 2 aromatic rings. The van der Waals surface area contributed by atoms with Crippen molar-refractivity contribution in [1.82, 2.24) is 4.98 Å². The van der Waals surface area contributed by atoms with Crippen molar-refractivity contribution in [2.45, 2.75) is 13.3 Å². The molecule has 0 amide bonds. The van der Waals surface area contributed by atoms with Crippen LogP contribution in [0.25, 0.3) is 10.9 Å². The van der Waals surface area contributed by atoms with Gasteiger partial charge in [-0.3, -0.25) is 4.79 Å². The van der Waals surface area contributed by atoms with E-state index in [0.29, 0.717) is 28.6 Å². The van der Waals surface area contributed by atoms with Crippen LogP contribution < -0.4 is 10.3 Å². The van der Waals surface area contributed by atoms with E-state index < -0.39 is 0 Å². The molecule has 1 heterocycles. The fourth-order valence-electron chi connectivity index (χ4n) is 1.81. The van der Waals surface area contributed by atoms with E-state index in [4.69, 9.17) is 4.74 Å². The molecular weight excluding hydrogens is 206 g/mol. The SMILES string of the molecule is CCc1c(O)c2cccc(OC)c2[nH]c1=O. The van der Waals surface area contributed by atoms with Gasteiger partial charge in [0.05, 0.1) is 18.2 Å². The van der Waals surface area contributed by atoms with Gasteiger partial charge in [0.1, 0.15) is 11.5 Å². The van der Waals surface area contributed by atoms with Crippen LogP contribution in [-0.2, 0) is 6.42 Å². The van der Waals surface area contributed by atoms with Gasteiger partial charge < -0.3 is 14.8 Å². The van der Waals surface area contributed by atoms with Crippen LogP contribution in [-0.4, -0.2) is 17.2 Å². The molecule has 84 valence electrons. The van der Waals surface area contributed by atoms with Gasteiger partial charge in [0.2, 0.25) is 0 Å². The van der Waals surface area contributed by atoms with E-state index in [9.17, 15) is 9.90 Å². The molecule has 0 aliphatic carbocycles. The number of para-hydroxylation sites is 1. The molecule has 0 fully saturated rings. The number of aromatic hydroxyl groups is 1. The molecule has 2 rings (SSSR count). The van der Waals surface area contributed by atoms with Gasteiger partial charge in [0.15, 0.2) is 0 Å². The van der Waals surface area contributed by atoms with Crippen molar-refractivity contribution in [2.75, 3.05) is 7.11 Å². The van der Waals surface area contributed by atoms with Gasteiger partial charge in [-0.1, -0.05) is 13.0 Å². The molecule has 0 aliphatic heterocycles. The Bertz CT molecular complexity index is 587. The Labute approximate surface area is 92.5 Å². The van der Waals surface area contributed by atoms with Crippen LogP contribution in [0.15, 0.2) is 23.0 Å². The first kappa shape index (κ1) is 10.5. The quantitative estimate of drug-likeness (QED) is 0.809. The Morgan fingerprint density at radius 3 is 2.81 bits per heavy atom. The summed E-state index contributed by atoms with van der Waals surface area (Å²) in [5.41, 5.74) is 0.669. The number of pyridine rings is 1. The largest absolute Gasteiger partial charge is 0.507 e. The number of methoxy groups -OCH3 is 1. The van der Waals surface area contributed by atoms with E-state index in [0.717, 1.165) is 0 Å². The van der Waals surface area contributed by atoms with Gasteiger partial charge in [0.25, 0.3) is 5.56 Å². The van der Waals surface area contributed by atoms with Crippen molar-refractivity contribution >= 4 is 10.9 Å². The molecule has 1 aromatic heterocycles. The maximum atomic E-state index is 11.7. The van der Waals surface area contributed by atoms with Crippen molar-refractivity contribution in [2.24, 2.45) is 0 Å². The van der Waals surface area contributed by atoms with E-state index in [1.54, 1.807) is 18.2 Å². The summed E-state index contributed by atoms with van der Waals surface area (Å²) in [4.78, 5) is 14.4. The highest BCUT2D eigenvalue weighted by Crippen LogP contribution is 2.30. The molecule has 0 aliphatic rings. The minimum atomic E-state index is -0.267. The summed E-state index contributed by atoms with van der Waals surface area (Å²) in [6.07, 6.45) is 0.494. The first-order valence-corrected chi connectivity index (χ1v) is 5.09. The molecule has 1 aromatic carbocycles. The lowest BCUT2D eigenvalue weighted by molar-refractivity contribution is 0.418. The molecule has 0 atom stereocenters. The number of hydrogen-bond acceptors (Lipinski definition) is 3. The van der Waals surface area contributed by atoms with Crippen LogP contribution in [0.1, 0.15) is 12.5 Å². The van der Waals surface area contributed by atoms with E-state index >= 15 is 0 Å². The molecule has 0 bridgehead atoms. The fraction of sp³-hybridized carbons (Fsp3) is 0.250. The van der Waals surface area contributed by atoms with Crippen molar-refractivity contribution < 1.29 is 9.84 Å². The maximum Gasteiger partial charge on any atom is 0.255 e. The fourth-order valence-corrected chi connectivity index (χ4v) is 1.81. The highest BCUT2D eigenvalue weighted by atomic mass is 16.5. The van der Waals surface area contributed by atoms with Crippen LogP contribution >= 0.6 is 0 Å². The standard InChI is InChI=1S/C12H13NO3/c1-3-7-11(14)8-5-4-6-9(16-2)10(8)13-12(7)15/h4-6H,3H2,1-2H3,(H2,13,14,15). The van der Waals surface area contributed by atoms with Gasteiger partial charge >= 0.3 is 0 Å². The van der Waals surface area contributed by atoms with Gasteiger partial charge in [-0.15, -0.1) is 0 Å². The number of nitrogens with one attached hydrogen (secondary N) is 1. The lowest BCUT2D eigenvalue weighted by Crippen LogP contribution is -2.12. The van der Waals surface area contributed by atoms with Crippen molar-refractivity contribution in [1.29, 1.82) is 0 Å². The Kier molecular flexibility index (Phi) is 2.56. The summed E-state index contributed by atoms with van der Waals surface area (Å²) in [5, 5.41) is 10.6. The van der Waals surface area contributed by atoms with E-state index in [-0.39, 0.29) is 11.3 Å². The van der Waals surface area contributed by atoms with Crippen LogP contribution in [0.3, 0.4) is 0 Å². The minimum Gasteiger partial charge on any atom is -0.507 e. The number of aromatic nitrogens is 1. The zero-order valence-electron chi connectivity index (χ0n) is 9.20. The normalized spacial score (nSPS) is 10.6. The molecule has 4 nitrogen and oxygen atoms in total. The average molecular weight is 219 g/mol. The summed E-state index contributed by atoms with van der Waals surface area (Å²) in [6.45, 7) is 1.83. The van der Waals surface area contributed by atoms with Crippen molar-refractivity contribution in [3.8, 4) is 11.5 Å². The molecule has 0 unspecified atom stereocenters. The molecule has 0 saturated heterocycles. The predicted octanol–water partition coefficient (Wildman–Crippen LogP) is 1.80. The van der Waals surface area contributed by atoms with Gasteiger partial charge in [-0.05, 0) is 18.6 Å². The first-order valence-electron chi connectivity index (χ1n) is 5.09. The number of benzene rings is 1. The number of rotatable bonds is 2. The summed E-state index contributed by atoms with van der Waals surface area (Å²) in [5.74, 6) is 0.590. The molecule has 2 N–H and O–H groups in total. The van der Waals surface area contributed by atoms with E-state index in [1.165, 1.54) is 7.11 Å². The third kappa shape index (κ3) is 1.43. The Balaban J connectivity index is 2.92. The Hall–Kier alpha value is -1.97. The third-order valence-electron chi connectivity index (χ3n) is 2.65. The molecule has 0 spiro atoms. The number of aromatic amines is 1. The summed E-state index contributed by atoms with van der Waals surface area (Å²) in [7, 11) is 1.53.